The normalized spacial score (nSPS) is 24.4. The minimum atomic E-state index is -0.0941. The van der Waals surface area contributed by atoms with Crippen molar-refractivity contribution in [1.29, 1.82) is 0 Å². The summed E-state index contributed by atoms with van der Waals surface area (Å²) in [7, 11) is 0. The van der Waals surface area contributed by atoms with Crippen LogP contribution in [0.25, 0.3) is 0 Å². The molecule has 0 bridgehead atoms. The molecule has 1 amide bonds. The van der Waals surface area contributed by atoms with Crippen molar-refractivity contribution in [2.75, 3.05) is 6.54 Å². The molecular weight excluding hydrogens is 280 g/mol. The lowest BCUT2D eigenvalue weighted by Gasteiger charge is -2.27. The zero-order valence-corrected chi connectivity index (χ0v) is 11.5. The Bertz CT molecular complexity index is 422. The number of likely N-dealkylation sites (tertiary alicyclic amines) is 1. The average Bonchev–Trinajstić information content (AvgIpc) is 2.54. The third kappa shape index (κ3) is 2.53. The maximum absolute atomic E-state index is 11.9. The van der Waals surface area contributed by atoms with Crippen molar-refractivity contribution in [3.63, 3.8) is 0 Å². The van der Waals surface area contributed by atoms with Crippen LogP contribution < -0.4 is 5.73 Å². The first-order valence-electron chi connectivity index (χ1n) is 5.94. The summed E-state index contributed by atoms with van der Waals surface area (Å²) in [4.78, 5) is 13.8. The van der Waals surface area contributed by atoms with Gasteiger partial charge in [-0.3, -0.25) is 4.79 Å². The lowest BCUT2D eigenvalue weighted by Crippen LogP contribution is -2.33. The van der Waals surface area contributed by atoms with Crippen molar-refractivity contribution in [1.82, 2.24) is 4.90 Å². The van der Waals surface area contributed by atoms with Gasteiger partial charge in [-0.05, 0) is 24.1 Å². The van der Waals surface area contributed by atoms with Crippen LogP contribution in [-0.2, 0) is 4.79 Å². The molecule has 2 atom stereocenters. The number of hydrogen-bond acceptors (Lipinski definition) is 2. The molecule has 0 aromatic heterocycles. The summed E-state index contributed by atoms with van der Waals surface area (Å²) >= 11 is 3.46. The maximum Gasteiger partial charge on any atom is 0.224 e. The zero-order valence-electron chi connectivity index (χ0n) is 9.90. The van der Waals surface area contributed by atoms with Crippen LogP contribution in [0.5, 0.6) is 0 Å². The molecule has 92 valence electrons. The fourth-order valence-corrected chi connectivity index (χ4v) is 2.86. The molecule has 1 fully saturated rings. The maximum atomic E-state index is 11.9. The summed E-state index contributed by atoms with van der Waals surface area (Å²) in [5, 5.41) is 0. The molecule has 0 radical (unpaired) electrons. The molecule has 0 aliphatic carbocycles. The fraction of sp³-hybridized carbons (Fsp3) is 0.462. The summed E-state index contributed by atoms with van der Waals surface area (Å²) < 4.78 is 1.03. The predicted octanol–water partition coefficient (Wildman–Crippen LogP) is 2.46. The molecule has 17 heavy (non-hydrogen) atoms. The molecule has 2 N–H and O–H groups in total. The monoisotopic (exact) mass is 296 g/mol. The molecule has 0 saturated carbocycles. The van der Waals surface area contributed by atoms with Crippen molar-refractivity contribution in [2.45, 2.75) is 31.8 Å². The molecule has 4 heteroatoms. The van der Waals surface area contributed by atoms with Gasteiger partial charge in [0, 0.05) is 23.5 Å². The van der Waals surface area contributed by atoms with E-state index in [1.54, 1.807) is 0 Å². The summed E-state index contributed by atoms with van der Waals surface area (Å²) in [6.45, 7) is 2.86. The van der Waals surface area contributed by atoms with Crippen LogP contribution in [0.4, 0.5) is 0 Å². The van der Waals surface area contributed by atoms with Crippen molar-refractivity contribution in [3.8, 4) is 0 Å². The van der Waals surface area contributed by atoms with Gasteiger partial charge in [0.1, 0.15) is 0 Å². The molecule has 1 aromatic rings. The van der Waals surface area contributed by atoms with Crippen LogP contribution in [0.2, 0.25) is 0 Å². The highest BCUT2D eigenvalue weighted by Crippen LogP contribution is 2.33. The highest BCUT2D eigenvalue weighted by atomic mass is 79.9. The van der Waals surface area contributed by atoms with Crippen LogP contribution in [0.3, 0.4) is 0 Å². The van der Waals surface area contributed by atoms with Crippen LogP contribution in [0.15, 0.2) is 28.7 Å². The van der Waals surface area contributed by atoms with Gasteiger partial charge in [0.2, 0.25) is 5.91 Å². The minimum absolute atomic E-state index is 0.0277. The van der Waals surface area contributed by atoms with Crippen molar-refractivity contribution in [3.05, 3.63) is 34.3 Å². The van der Waals surface area contributed by atoms with Gasteiger partial charge in [-0.25, -0.2) is 0 Å². The third-order valence-corrected chi connectivity index (χ3v) is 3.62. The van der Waals surface area contributed by atoms with Crippen LogP contribution >= 0.6 is 15.9 Å². The lowest BCUT2D eigenvalue weighted by atomic mass is 10.0. The number of halogens is 1. The van der Waals surface area contributed by atoms with E-state index in [-0.39, 0.29) is 18.0 Å². The predicted molar refractivity (Wildman–Crippen MR) is 71.5 cm³/mol. The second-order valence-electron chi connectivity index (χ2n) is 4.45. The Balaban J connectivity index is 2.31. The largest absolute Gasteiger partial charge is 0.334 e. The van der Waals surface area contributed by atoms with Crippen molar-refractivity contribution >= 4 is 21.8 Å². The number of rotatable bonds is 3. The highest BCUT2D eigenvalue weighted by Gasteiger charge is 2.37. The summed E-state index contributed by atoms with van der Waals surface area (Å²) in [5.74, 6) is 0.171. The third-order valence-electron chi connectivity index (χ3n) is 3.13. The van der Waals surface area contributed by atoms with E-state index < -0.39 is 0 Å². The smallest absolute Gasteiger partial charge is 0.224 e. The van der Waals surface area contributed by atoms with E-state index in [2.05, 4.69) is 22.9 Å². The van der Waals surface area contributed by atoms with Crippen LogP contribution in [-0.4, -0.2) is 23.4 Å². The van der Waals surface area contributed by atoms with Gasteiger partial charge >= 0.3 is 0 Å². The average molecular weight is 297 g/mol. The molecule has 2 rings (SSSR count). The first-order valence-corrected chi connectivity index (χ1v) is 6.73. The van der Waals surface area contributed by atoms with E-state index in [0.29, 0.717) is 6.42 Å². The quantitative estimate of drug-likeness (QED) is 0.931. The Kier molecular flexibility index (Phi) is 3.84. The number of benzene rings is 1. The molecule has 0 spiro atoms. The number of nitrogens with zero attached hydrogens (tertiary/aromatic N) is 1. The zero-order chi connectivity index (χ0) is 12.4. The van der Waals surface area contributed by atoms with Crippen LogP contribution in [0.1, 0.15) is 31.4 Å². The Morgan fingerprint density at radius 3 is 2.94 bits per heavy atom. The van der Waals surface area contributed by atoms with E-state index in [4.69, 9.17) is 5.73 Å². The van der Waals surface area contributed by atoms with Crippen LogP contribution in [0, 0.1) is 0 Å². The van der Waals surface area contributed by atoms with Gasteiger partial charge in [0.15, 0.2) is 0 Å². The minimum Gasteiger partial charge on any atom is -0.334 e. The second-order valence-corrected chi connectivity index (χ2v) is 5.37. The Morgan fingerprint density at radius 1 is 1.53 bits per heavy atom. The van der Waals surface area contributed by atoms with Gasteiger partial charge in [0.25, 0.3) is 0 Å². The summed E-state index contributed by atoms with van der Waals surface area (Å²) in [5.41, 5.74) is 7.21. The molecule has 1 saturated heterocycles. The number of nitrogens with two attached hydrogens (primary N) is 1. The molecular formula is C13H17BrN2O. The van der Waals surface area contributed by atoms with E-state index in [9.17, 15) is 4.79 Å². The van der Waals surface area contributed by atoms with E-state index >= 15 is 0 Å². The first-order chi connectivity index (χ1) is 8.13. The van der Waals surface area contributed by atoms with E-state index in [1.807, 2.05) is 29.2 Å². The van der Waals surface area contributed by atoms with Gasteiger partial charge < -0.3 is 10.6 Å². The molecule has 3 nitrogen and oxygen atoms in total. The van der Waals surface area contributed by atoms with E-state index in [1.165, 1.54) is 0 Å². The van der Waals surface area contributed by atoms with Gasteiger partial charge in [-0.1, -0.05) is 35.0 Å². The fourth-order valence-electron chi connectivity index (χ4n) is 2.44. The Morgan fingerprint density at radius 2 is 2.29 bits per heavy atom. The SMILES string of the molecule is CCCN1C(=O)C[C@H](N)[C@H]1c1cccc(Br)c1. The van der Waals surface area contributed by atoms with Gasteiger partial charge in [0.05, 0.1) is 6.04 Å². The number of amides is 1. The first kappa shape index (κ1) is 12.6. The summed E-state index contributed by atoms with van der Waals surface area (Å²) in [6.07, 6.45) is 1.42. The van der Waals surface area contributed by atoms with Gasteiger partial charge in [-0.2, -0.15) is 0 Å². The van der Waals surface area contributed by atoms with E-state index in [0.717, 1.165) is 23.0 Å². The molecule has 1 aromatic carbocycles. The lowest BCUT2D eigenvalue weighted by molar-refractivity contribution is -0.129. The second kappa shape index (κ2) is 5.19. The molecule has 1 aliphatic rings. The van der Waals surface area contributed by atoms with Gasteiger partial charge in [-0.15, -0.1) is 0 Å². The van der Waals surface area contributed by atoms with Crippen molar-refractivity contribution in [2.24, 2.45) is 5.73 Å². The molecule has 1 aliphatic heterocycles. The standard InChI is InChI=1S/C13H17BrN2O/c1-2-6-16-12(17)8-11(15)13(16)9-4-3-5-10(14)7-9/h3-5,7,11,13H,2,6,8,15H2,1H3/t11-,13+/m0/s1. The highest BCUT2D eigenvalue weighted by molar-refractivity contribution is 9.10. The number of carbonyl (C=O) groups is 1. The molecule has 0 unspecified atom stereocenters. The number of carbonyl (C=O) groups excluding carboxylic acids is 1. The number of hydrogen-bond donors (Lipinski definition) is 1. The van der Waals surface area contributed by atoms with Crippen molar-refractivity contribution < 1.29 is 4.79 Å². The Hall–Kier alpha value is -0.870. The Labute approximate surface area is 110 Å². The summed E-state index contributed by atoms with van der Waals surface area (Å²) in [6, 6.07) is 7.99. The molecule has 1 heterocycles. The topological polar surface area (TPSA) is 46.3 Å².